The third-order valence-electron chi connectivity index (χ3n) is 7.13. The molecule has 3 N–H and O–H groups in total. The summed E-state index contributed by atoms with van der Waals surface area (Å²) in [5.74, 6) is 1.63. The van der Waals surface area contributed by atoms with E-state index in [1.54, 1.807) is 20.4 Å². The first-order valence-electron chi connectivity index (χ1n) is 12.6. The molecule has 2 fully saturated rings. The van der Waals surface area contributed by atoms with E-state index in [1.165, 1.54) is 0 Å². The maximum Gasteiger partial charge on any atom is 0.126 e. The molecule has 1 aliphatic carbocycles. The molecule has 8 nitrogen and oxygen atoms in total. The number of halogens is 1. The Kier molecular flexibility index (Phi) is 9.57. The van der Waals surface area contributed by atoms with Gasteiger partial charge < -0.3 is 30.2 Å². The van der Waals surface area contributed by atoms with Crippen LogP contribution in [-0.2, 0) is 14.2 Å². The largest absolute Gasteiger partial charge is 0.383 e. The summed E-state index contributed by atoms with van der Waals surface area (Å²) in [6, 6.07) is 8.92. The average molecular weight is 504 g/mol. The molecule has 0 amide bonds. The predicted octanol–water partition coefficient (Wildman–Crippen LogP) is 4.36. The van der Waals surface area contributed by atoms with Crippen LogP contribution in [-0.4, -0.2) is 74.8 Å². The van der Waals surface area contributed by atoms with Crippen LogP contribution in [0.15, 0.2) is 30.5 Å². The summed E-state index contributed by atoms with van der Waals surface area (Å²) in [4.78, 5) is 9.36. The highest BCUT2D eigenvalue weighted by atomic mass is 35.5. The summed E-state index contributed by atoms with van der Waals surface area (Å²) < 4.78 is 16.5. The van der Waals surface area contributed by atoms with E-state index in [0.717, 1.165) is 87.8 Å². The van der Waals surface area contributed by atoms with Crippen molar-refractivity contribution in [2.24, 2.45) is 0 Å². The standard InChI is InChI=1S/C26H38ClN5O3/c1-33-15-12-28-19-6-8-20(9-7-19)31-25-16-21(22(27)17-29-25)23-4-3-5-24(32-23)30-18-26(34-2)10-13-35-14-11-26/h3-5,16-17,19-20,28H,6-15,18H2,1-2H3,(H,29,31)(H,30,32). The minimum Gasteiger partial charge on any atom is -0.383 e. The van der Waals surface area contributed by atoms with Gasteiger partial charge in [-0.1, -0.05) is 17.7 Å². The minimum absolute atomic E-state index is 0.223. The number of anilines is 2. The van der Waals surface area contributed by atoms with Gasteiger partial charge in [-0.05, 0) is 43.9 Å². The molecule has 192 valence electrons. The highest BCUT2D eigenvalue weighted by Gasteiger charge is 2.32. The van der Waals surface area contributed by atoms with Crippen molar-refractivity contribution in [2.45, 2.75) is 56.2 Å². The highest BCUT2D eigenvalue weighted by Crippen LogP contribution is 2.31. The first-order chi connectivity index (χ1) is 17.1. The van der Waals surface area contributed by atoms with E-state index < -0.39 is 0 Å². The maximum atomic E-state index is 6.55. The van der Waals surface area contributed by atoms with Crippen LogP contribution in [0.4, 0.5) is 11.6 Å². The summed E-state index contributed by atoms with van der Waals surface area (Å²) in [5.41, 5.74) is 1.46. The summed E-state index contributed by atoms with van der Waals surface area (Å²) in [6.45, 7) is 3.78. The van der Waals surface area contributed by atoms with Crippen LogP contribution in [0.1, 0.15) is 38.5 Å². The number of rotatable bonds is 11. The van der Waals surface area contributed by atoms with Gasteiger partial charge >= 0.3 is 0 Å². The van der Waals surface area contributed by atoms with Gasteiger partial charge in [0.2, 0.25) is 0 Å². The summed E-state index contributed by atoms with van der Waals surface area (Å²) in [6.07, 6.45) is 7.95. The number of aromatic nitrogens is 2. The van der Waals surface area contributed by atoms with Gasteiger partial charge in [0.15, 0.2) is 0 Å². The molecule has 2 aliphatic rings. The van der Waals surface area contributed by atoms with Crippen molar-refractivity contribution in [3.8, 4) is 11.3 Å². The summed E-state index contributed by atoms with van der Waals surface area (Å²) >= 11 is 6.55. The fourth-order valence-corrected chi connectivity index (χ4v) is 5.06. The van der Waals surface area contributed by atoms with E-state index in [4.69, 9.17) is 30.8 Å². The van der Waals surface area contributed by atoms with Crippen LogP contribution in [0.3, 0.4) is 0 Å². The predicted molar refractivity (Wildman–Crippen MR) is 140 cm³/mol. The molecule has 2 aromatic rings. The van der Waals surface area contributed by atoms with Gasteiger partial charge in [-0.15, -0.1) is 0 Å². The fourth-order valence-electron chi connectivity index (χ4n) is 4.86. The third kappa shape index (κ3) is 7.27. The first kappa shape index (κ1) is 26.1. The van der Waals surface area contributed by atoms with Crippen LogP contribution in [0, 0.1) is 0 Å². The first-order valence-corrected chi connectivity index (χ1v) is 13.0. The Balaban J connectivity index is 1.37. The number of hydrogen-bond donors (Lipinski definition) is 3. The fraction of sp³-hybridized carbons (Fsp3) is 0.615. The van der Waals surface area contributed by atoms with Gasteiger partial charge in [0, 0.05) is 77.2 Å². The zero-order chi connectivity index (χ0) is 24.5. The molecule has 3 heterocycles. The van der Waals surface area contributed by atoms with Gasteiger partial charge in [0.05, 0.1) is 22.9 Å². The molecule has 2 aromatic heterocycles. The van der Waals surface area contributed by atoms with Gasteiger partial charge in [-0.2, -0.15) is 0 Å². The van der Waals surface area contributed by atoms with Crippen molar-refractivity contribution >= 4 is 23.2 Å². The van der Waals surface area contributed by atoms with E-state index in [0.29, 0.717) is 23.7 Å². The highest BCUT2D eigenvalue weighted by molar-refractivity contribution is 6.33. The summed E-state index contributed by atoms with van der Waals surface area (Å²) in [5, 5.41) is 11.2. The Bertz CT molecular complexity index is 933. The van der Waals surface area contributed by atoms with Gasteiger partial charge in [-0.25, -0.2) is 9.97 Å². The molecule has 35 heavy (non-hydrogen) atoms. The van der Waals surface area contributed by atoms with Crippen LogP contribution in [0.5, 0.6) is 0 Å². The van der Waals surface area contributed by atoms with Crippen molar-refractivity contribution < 1.29 is 14.2 Å². The monoisotopic (exact) mass is 503 g/mol. The number of methoxy groups -OCH3 is 2. The number of nitrogens with zero attached hydrogens (tertiary/aromatic N) is 2. The Hall–Kier alpha value is -1.97. The van der Waals surface area contributed by atoms with Gasteiger partial charge in [-0.3, -0.25) is 0 Å². The van der Waals surface area contributed by atoms with Crippen LogP contribution in [0.2, 0.25) is 5.02 Å². The Morgan fingerprint density at radius 1 is 1.09 bits per heavy atom. The second-order valence-electron chi connectivity index (χ2n) is 9.45. The minimum atomic E-state index is -0.223. The molecular weight excluding hydrogens is 466 g/mol. The lowest BCUT2D eigenvalue weighted by molar-refractivity contribution is -0.0807. The Morgan fingerprint density at radius 3 is 2.60 bits per heavy atom. The number of ether oxygens (including phenoxy) is 3. The Morgan fingerprint density at radius 2 is 1.86 bits per heavy atom. The smallest absolute Gasteiger partial charge is 0.126 e. The lowest BCUT2D eigenvalue weighted by Crippen LogP contribution is -2.44. The second-order valence-corrected chi connectivity index (χ2v) is 9.86. The van der Waals surface area contributed by atoms with Gasteiger partial charge in [0.25, 0.3) is 0 Å². The Labute approximate surface area is 213 Å². The zero-order valence-electron chi connectivity index (χ0n) is 20.8. The normalized spacial score (nSPS) is 22.0. The van der Waals surface area contributed by atoms with E-state index in [2.05, 4.69) is 20.9 Å². The summed E-state index contributed by atoms with van der Waals surface area (Å²) in [7, 11) is 3.51. The molecule has 1 aliphatic heterocycles. The maximum absolute atomic E-state index is 6.55. The average Bonchev–Trinajstić information content (AvgIpc) is 2.90. The van der Waals surface area contributed by atoms with Crippen LogP contribution < -0.4 is 16.0 Å². The number of nitrogens with one attached hydrogen (secondary N) is 3. The zero-order valence-corrected chi connectivity index (χ0v) is 21.6. The lowest BCUT2D eigenvalue weighted by Gasteiger charge is -2.36. The van der Waals surface area contributed by atoms with Crippen molar-refractivity contribution in [3.05, 3.63) is 35.5 Å². The van der Waals surface area contributed by atoms with Crippen molar-refractivity contribution in [3.63, 3.8) is 0 Å². The van der Waals surface area contributed by atoms with Crippen molar-refractivity contribution in [1.82, 2.24) is 15.3 Å². The molecule has 0 unspecified atom stereocenters. The number of hydrogen-bond acceptors (Lipinski definition) is 8. The van der Waals surface area contributed by atoms with Crippen LogP contribution >= 0.6 is 11.6 Å². The molecule has 1 saturated heterocycles. The molecule has 0 atom stereocenters. The van der Waals surface area contributed by atoms with Crippen molar-refractivity contribution in [2.75, 3.05) is 57.8 Å². The molecule has 9 heteroatoms. The van der Waals surface area contributed by atoms with E-state index >= 15 is 0 Å². The second kappa shape index (κ2) is 12.8. The molecule has 0 bridgehead atoms. The molecule has 0 aromatic carbocycles. The lowest BCUT2D eigenvalue weighted by atomic mass is 9.91. The molecule has 0 spiro atoms. The third-order valence-corrected chi connectivity index (χ3v) is 7.43. The van der Waals surface area contributed by atoms with Crippen molar-refractivity contribution in [1.29, 1.82) is 0 Å². The molecular formula is C26H38ClN5O3. The molecule has 1 saturated carbocycles. The number of pyridine rings is 2. The quantitative estimate of drug-likeness (QED) is 0.390. The topological polar surface area (TPSA) is 89.6 Å². The van der Waals surface area contributed by atoms with E-state index in [1.807, 2.05) is 24.3 Å². The molecule has 4 rings (SSSR count). The SMILES string of the molecule is COCCNC1CCC(Nc2cc(-c3cccc(NCC4(OC)CCOCC4)n3)c(Cl)cn2)CC1. The van der Waals surface area contributed by atoms with E-state index in [-0.39, 0.29) is 5.60 Å². The van der Waals surface area contributed by atoms with Gasteiger partial charge in [0.1, 0.15) is 11.6 Å². The van der Waals surface area contributed by atoms with Crippen LogP contribution in [0.25, 0.3) is 11.3 Å². The molecule has 0 radical (unpaired) electrons. The van der Waals surface area contributed by atoms with E-state index in [9.17, 15) is 0 Å².